The van der Waals surface area contributed by atoms with Gasteiger partial charge in [-0.05, 0) is 61.3 Å². The second-order valence-electron chi connectivity index (χ2n) is 8.49. The molecule has 1 N–H and O–H groups in total. The van der Waals surface area contributed by atoms with Gasteiger partial charge in [0.15, 0.2) is 0 Å². The number of piperidine rings is 1. The molecule has 1 spiro atoms. The van der Waals surface area contributed by atoms with Crippen LogP contribution in [0.15, 0.2) is 18.2 Å². The van der Waals surface area contributed by atoms with E-state index in [4.69, 9.17) is 9.47 Å². The number of carbonyl (C=O) groups is 3. The molecule has 1 atom stereocenters. The number of likely N-dealkylation sites (tertiary alicyclic amines) is 2. The van der Waals surface area contributed by atoms with Crippen LogP contribution >= 0.6 is 11.8 Å². The minimum Gasteiger partial charge on any atom is -0.497 e. The van der Waals surface area contributed by atoms with Gasteiger partial charge in [0.1, 0.15) is 17.5 Å². The smallest absolute Gasteiger partial charge is 0.257 e. The number of hydrogen-bond donors (Lipinski definition) is 1. The number of carbonyl (C=O) groups excluding carboxylic acids is 3. The lowest BCUT2D eigenvalue weighted by atomic mass is 9.77. The van der Waals surface area contributed by atoms with Crippen molar-refractivity contribution < 1.29 is 23.9 Å². The van der Waals surface area contributed by atoms with Crippen molar-refractivity contribution in [1.29, 1.82) is 0 Å². The molecule has 0 aromatic heterocycles. The van der Waals surface area contributed by atoms with Crippen molar-refractivity contribution >= 4 is 30.0 Å². The number of nitrogens with zero attached hydrogens (tertiary/aromatic N) is 2. The Morgan fingerprint density at radius 2 is 1.84 bits per heavy atom. The van der Waals surface area contributed by atoms with Crippen molar-refractivity contribution in [2.75, 3.05) is 52.4 Å². The third-order valence-corrected chi connectivity index (χ3v) is 7.32. The molecule has 2 heterocycles. The molecular weight excluding hydrogens is 430 g/mol. The van der Waals surface area contributed by atoms with Gasteiger partial charge in [0.25, 0.3) is 5.91 Å². The Morgan fingerprint density at radius 1 is 1.16 bits per heavy atom. The number of hydrogen-bond acceptors (Lipinski definition) is 6. The number of rotatable bonds is 9. The summed E-state index contributed by atoms with van der Waals surface area (Å²) >= 11 is 1.66. The van der Waals surface area contributed by atoms with Crippen molar-refractivity contribution in [2.45, 2.75) is 31.7 Å². The maximum Gasteiger partial charge on any atom is 0.257 e. The molecular formula is C23H33N3O5S. The summed E-state index contributed by atoms with van der Waals surface area (Å²) in [7, 11) is 3.13. The molecule has 0 bridgehead atoms. The van der Waals surface area contributed by atoms with E-state index in [9.17, 15) is 14.4 Å². The van der Waals surface area contributed by atoms with Crippen molar-refractivity contribution in [2.24, 2.45) is 5.41 Å². The Morgan fingerprint density at radius 3 is 2.44 bits per heavy atom. The highest BCUT2D eigenvalue weighted by Gasteiger charge is 2.44. The molecule has 3 rings (SSSR count). The molecule has 0 aliphatic carbocycles. The molecule has 0 unspecified atom stereocenters. The molecule has 9 heteroatoms. The average Bonchev–Trinajstić information content (AvgIpc) is 3.24. The Kier molecular flexibility index (Phi) is 8.28. The van der Waals surface area contributed by atoms with Crippen LogP contribution < -0.4 is 14.8 Å². The molecule has 1 aromatic carbocycles. The SMILES string of the molecule is COc1ccc(OC)c(C(=O)N2CCC3(CC2)CCN(C(=O)[C@H](CCSC)NC=O)C3)c1. The van der Waals surface area contributed by atoms with E-state index in [1.165, 1.54) is 0 Å². The van der Waals surface area contributed by atoms with Gasteiger partial charge in [-0.1, -0.05) is 0 Å². The molecule has 32 heavy (non-hydrogen) atoms. The van der Waals surface area contributed by atoms with Crippen LogP contribution in [-0.4, -0.2) is 86.5 Å². The largest absolute Gasteiger partial charge is 0.497 e. The van der Waals surface area contributed by atoms with Crippen LogP contribution in [0, 0.1) is 5.41 Å². The molecule has 8 nitrogen and oxygen atoms in total. The fourth-order valence-electron chi connectivity index (χ4n) is 4.68. The summed E-state index contributed by atoms with van der Waals surface area (Å²) in [4.78, 5) is 40.8. The van der Waals surface area contributed by atoms with Crippen LogP contribution in [-0.2, 0) is 9.59 Å². The molecule has 3 amide bonds. The maximum absolute atomic E-state index is 13.2. The lowest BCUT2D eigenvalue weighted by Gasteiger charge is -2.39. The first kappa shape index (κ1) is 24.2. The minimum atomic E-state index is -0.461. The molecule has 2 aliphatic heterocycles. The summed E-state index contributed by atoms with van der Waals surface area (Å²) in [6.45, 7) is 2.67. The van der Waals surface area contributed by atoms with E-state index in [1.54, 1.807) is 44.2 Å². The van der Waals surface area contributed by atoms with E-state index in [0.717, 1.165) is 25.0 Å². The lowest BCUT2D eigenvalue weighted by molar-refractivity contribution is -0.134. The summed E-state index contributed by atoms with van der Waals surface area (Å²) in [5, 5.41) is 2.69. The molecule has 0 radical (unpaired) electrons. The number of amides is 3. The zero-order valence-corrected chi connectivity index (χ0v) is 19.9. The quantitative estimate of drug-likeness (QED) is 0.564. The summed E-state index contributed by atoms with van der Waals surface area (Å²) in [6.07, 6.45) is 5.87. The van der Waals surface area contributed by atoms with Crippen LogP contribution in [0.2, 0.25) is 0 Å². The second-order valence-corrected chi connectivity index (χ2v) is 9.47. The van der Waals surface area contributed by atoms with Crippen molar-refractivity contribution in [3.63, 3.8) is 0 Å². The highest BCUT2D eigenvalue weighted by molar-refractivity contribution is 7.98. The fraction of sp³-hybridized carbons (Fsp3) is 0.609. The third kappa shape index (κ3) is 5.31. The number of benzene rings is 1. The third-order valence-electron chi connectivity index (χ3n) is 6.68. The van der Waals surface area contributed by atoms with Crippen LogP contribution in [0.5, 0.6) is 11.5 Å². The van der Waals surface area contributed by atoms with Gasteiger partial charge in [0, 0.05) is 26.2 Å². The molecule has 0 saturated carbocycles. The topological polar surface area (TPSA) is 88.2 Å². The van der Waals surface area contributed by atoms with Gasteiger partial charge < -0.3 is 24.6 Å². The van der Waals surface area contributed by atoms with E-state index >= 15 is 0 Å². The van der Waals surface area contributed by atoms with Gasteiger partial charge in [-0.3, -0.25) is 14.4 Å². The van der Waals surface area contributed by atoms with Crippen LogP contribution in [0.4, 0.5) is 0 Å². The summed E-state index contributed by atoms with van der Waals surface area (Å²) in [5.41, 5.74) is 0.540. The zero-order valence-electron chi connectivity index (χ0n) is 19.1. The summed E-state index contributed by atoms with van der Waals surface area (Å²) in [6, 6.07) is 4.78. The predicted molar refractivity (Wildman–Crippen MR) is 124 cm³/mol. The van der Waals surface area contributed by atoms with Gasteiger partial charge in [-0.2, -0.15) is 11.8 Å². The van der Waals surface area contributed by atoms with Crippen molar-refractivity contribution in [3.05, 3.63) is 23.8 Å². The molecule has 2 fully saturated rings. The van der Waals surface area contributed by atoms with Gasteiger partial charge in [-0.15, -0.1) is 0 Å². The standard InChI is InChI=1S/C23H33N3O5S/c1-30-17-4-5-20(31-2)18(14-17)21(28)25-10-7-23(8-11-25)9-12-26(15-23)22(29)19(24-16-27)6-13-32-3/h4-5,14,16,19H,6-13,15H2,1-3H3,(H,24,27)/t19-/m0/s1. The molecule has 2 saturated heterocycles. The summed E-state index contributed by atoms with van der Waals surface area (Å²) < 4.78 is 10.7. The van der Waals surface area contributed by atoms with Gasteiger partial charge >= 0.3 is 0 Å². The number of ether oxygens (including phenoxy) is 2. The second kappa shape index (κ2) is 10.9. The fourth-order valence-corrected chi connectivity index (χ4v) is 5.15. The van der Waals surface area contributed by atoms with Crippen LogP contribution in [0.1, 0.15) is 36.0 Å². The Labute approximate surface area is 194 Å². The lowest BCUT2D eigenvalue weighted by Crippen LogP contribution is -2.48. The van der Waals surface area contributed by atoms with E-state index in [1.807, 2.05) is 16.1 Å². The van der Waals surface area contributed by atoms with Crippen LogP contribution in [0.3, 0.4) is 0 Å². The molecule has 2 aliphatic rings. The van der Waals surface area contributed by atoms with E-state index < -0.39 is 6.04 Å². The zero-order chi connectivity index (χ0) is 23.1. The van der Waals surface area contributed by atoms with Gasteiger partial charge in [0.2, 0.25) is 12.3 Å². The number of thioether (sulfide) groups is 1. The first-order valence-corrected chi connectivity index (χ1v) is 12.3. The first-order valence-electron chi connectivity index (χ1n) is 11.0. The Hall–Kier alpha value is -2.42. The Balaban J connectivity index is 1.61. The first-order chi connectivity index (χ1) is 15.5. The van der Waals surface area contributed by atoms with Crippen molar-refractivity contribution in [3.8, 4) is 11.5 Å². The minimum absolute atomic E-state index is 0.00245. The highest BCUT2D eigenvalue weighted by Crippen LogP contribution is 2.41. The van der Waals surface area contributed by atoms with Crippen molar-refractivity contribution in [1.82, 2.24) is 15.1 Å². The van der Waals surface area contributed by atoms with Gasteiger partial charge in [0.05, 0.1) is 19.8 Å². The van der Waals surface area contributed by atoms with Crippen LogP contribution in [0.25, 0.3) is 0 Å². The average molecular weight is 464 g/mol. The number of methoxy groups -OCH3 is 2. The van der Waals surface area contributed by atoms with Gasteiger partial charge in [-0.25, -0.2) is 0 Å². The highest BCUT2D eigenvalue weighted by atomic mass is 32.2. The monoisotopic (exact) mass is 463 g/mol. The van der Waals surface area contributed by atoms with E-state index in [2.05, 4.69) is 5.32 Å². The molecule has 1 aromatic rings. The Bertz CT molecular complexity index is 826. The van der Waals surface area contributed by atoms with E-state index in [-0.39, 0.29) is 17.2 Å². The summed E-state index contributed by atoms with van der Waals surface area (Å²) in [5.74, 6) is 1.91. The number of nitrogens with one attached hydrogen (secondary N) is 1. The molecule has 176 valence electrons. The van der Waals surface area contributed by atoms with E-state index in [0.29, 0.717) is 56.1 Å². The normalized spacial score (nSPS) is 18.3. The maximum atomic E-state index is 13.2. The predicted octanol–water partition coefficient (Wildman–Crippen LogP) is 2.03.